The van der Waals surface area contributed by atoms with Gasteiger partial charge in [0.1, 0.15) is 18.0 Å². The minimum atomic E-state index is -0.543. The summed E-state index contributed by atoms with van der Waals surface area (Å²) in [6, 6.07) is 3.69. The highest BCUT2D eigenvalue weighted by Crippen LogP contribution is 2.22. The Morgan fingerprint density at radius 1 is 1.33 bits per heavy atom. The van der Waals surface area contributed by atoms with Gasteiger partial charge in [0.15, 0.2) is 0 Å². The number of aromatic nitrogens is 1. The molecule has 0 unspecified atom stereocenters. The second kappa shape index (κ2) is 7.83. The van der Waals surface area contributed by atoms with Crippen LogP contribution in [0.3, 0.4) is 0 Å². The minimum absolute atomic E-state index is 0.0870. The van der Waals surface area contributed by atoms with E-state index in [1.54, 1.807) is 27.0 Å². The largest absolute Gasteiger partial charge is 0.459 e. The number of hydrogen-bond donors (Lipinski definition) is 1. The number of carbonyl (C=O) groups is 2. The fourth-order valence-corrected chi connectivity index (χ4v) is 2.72. The molecule has 0 saturated carbocycles. The first-order valence-electron chi connectivity index (χ1n) is 8.10. The Kier molecular flexibility index (Phi) is 6.04. The summed E-state index contributed by atoms with van der Waals surface area (Å²) in [5.74, 6) is 0.270. The summed E-state index contributed by atoms with van der Waals surface area (Å²) in [6.45, 7) is 6.81. The first kappa shape index (κ1) is 18.5. The monoisotopic (exact) mass is 353 g/mol. The van der Waals surface area contributed by atoms with Crippen molar-refractivity contribution in [3.63, 3.8) is 0 Å². The van der Waals surface area contributed by atoms with Gasteiger partial charge in [-0.1, -0.05) is 11.6 Å². The Balaban J connectivity index is 1.76. The average molecular weight is 354 g/mol. The van der Waals surface area contributed by atoms with Crippen LogP contribution in [0.2, 0.25) is 5.02 Å². The smallest absolute Gasteiger partial charge is 0.325 e. The predicted molar refractivity (Wildman–Crippen MR) is 93.0 cm³/mol. The summed E-state index contributed by atoms with van der Waals surface area (Å²) in [6.07, 6.45) is 3.07. The molecular weight excluding hydrogens is 330 g/mol. The van der Waals surface area contributed by atoms with Crippen LogP contribution in [0.5, 0.6) is 0 Å². The van der Waals surface area contributed by atoms with E-state index in [0.717, 1.165) is 31.7 Å². The molecule has 1 aliphatic rings. The summed E-state index contributed by atoms with van der Waals surface area (Å²) in [5.41, 5.74) is -0.543. The van der Waals surface area contributed by atoms with E-state index >= 15 is 0 Å². The highest BCUT2D eigenvalue weighted by molar-refractivity contribution is 6.30. The zero-order chi connectivity index (χ0) is 17.7. The van der Waals surface area contributed by atoms with Crippen LogP contribution in [-0.2, 0) is 14.3 Å². The SMILES string of the molecule is CC(C)(C)OC(=O)CNC(=O)C1CCN(c2ccc(Cl)cn2)CC1. The average Bonchev–Trinajstić information content (AvgIpc) is 2.52. The summed E-state index contributed by atoms with van der Waals surface area (Å²) in [4.78, 5) is 30.3. The van der Waals surface area contributed by atoms with Gasteiger partial charge in [-0.3, -0.25) is 9.59 Å². The van der Waals surface area contributed by atoms with Crippen LogP contribution in [0.15, 0.2) is 18.3 Å². The predicted octanol–water partition coefficient (Wildman–Crippen LogP) is 2.41. The molecule has 7 heteroatoms. The molecule has 0 aromatic carbocycles. The molecule has 1 aliphatic heterocycles. The molecule has 6 nitrogen and oxygen atoms in total. The quantitative estimate of drug-likeness (QED) is 0.842. The maximum atomic E-state index is 12.2. The van der Waals surface area contributed by atoms with E-state index in [1.807, 2.05) is 12.1 Å². The molecule has 24 heavy (non-hydrogen) atoms. The van der Waals surface area contributed by atoms with Gasteiger partial charge in [0.05, 0.1) is 5.02 Å². The van der Waals surface area contributed by atoms with Crippen molar-refractivity contribution in [2.45, 2.75) is 39.2 Å². The topological polar surface area (TPSA) is 71.5 Å². The van der Waals surface area contributed by atoms with Gasteiger partial charge in [0, 0.05) is 25.2 Å². The Bertz CT molecular complexity index is 576. The molecule has 0 aliphatic carbocycles. The van der Waals surface area contributed by atoms with Gasteiger partial charge in [-0.25, -0.2) is 4.98 Å². The van der Waals surface area contributed by atoms with Gasteiger partial charge in [-0.05, 0) is 45.7 Å². The Hall–Kier alpha value is -1.82. The highest BCUT2D eigenvalue weighted by atomic mass is 35.5. The van der Waals surface area contributed by atoms with Crippen molar-refractivity contribution in [3.05, 3.63) is 23.4 Å². The van der Waals surface area contributed by atoms with Crippen LogP contribution in [0, 0.1) is 5.92 Å². The van der Waals surface area contributed by atoms with Crippen LogP contribution >= 0.6 is 11.6 Å². The van der Waals surface area contributed by atoms with Gasteiger partial charge in [-0.15, -0.1) is 0 Å². The number of nitrogens with zero attached hydrogens (tertiary/aromatic N) is 2. The minimum Gasteiger partial charge on any atom is -0.459 e. The van der Waals surface area contributed by atoms with E-state index in [-0.39, 0.29) is 18.4 Å². The maximum Gasteiger partial charge on any atom is 0.325 e. The molecule has 2 rings (SSSR count). The normalized spacial score (nSPS) is 15.9. The van der Waals surface area contributed by atoms with Gasteiger partial charge in [0.2, 0.25) is 5.91 Å². The van der Waals surface area contributed by atoms with Crippen molar-refractivity contribution >= 4 is 29.3 Å². The number of pyridine rings is 1. The third kappa shape index (κ3) is 5.67. The fourth-order valence-electron chi connectivity index (χ4n) is 2.61. The molecule has 0 atom stereocenters. The highest BCUT2D eigenvalue weighted by Gasteiger charge is 2.26. The number of amides is 1. The molecule has 132 valence electrons. The third-order valence-corrected chi connectivity index (χ3v) is 3.95. The van der Waals surface area contributed by atoms with Crippen LogP contribution in [0.1, 0.15) is 33.6 Å². The van der Waals surface area contributed by atoms with Crippen molar-refractivity contribution < 1.29 is 14.3 Å². The Labute approximate surface area is 147 Å². The van der Waals surface area contributed by atoms with Crippen molar-refractivity contribution in [2.24, 2.45) is 5.92 Å². The molecule has 1 saturated heterocycles. The second-order valence-corrected chi connectivity index (χ2v) is 7.34. The first-order chi connectivity index (χ1) is 11.2. The summed E-state index contributed by atoms with van der Waals surface area (Å²) >= 11 is 5.84. The van der Waals surface area contributed by atoms with E-state index in [2.05, 4.69) is 15.2 Å². The van der Waals surface area contributed by atoms with Crippen LogP contribution < -0.4 is 10.2 Å². The number of carbonyl (C=O) groups excluding carboxylic acids is 2. The fraction of sp³-hybridized carbons (Fsp3) is 0.588. The van der Waals surface area contributed by atoms with Crippen LogP contribution in [0.25, 0.3) is 0 Å². The molecule has 1 N–H and O–H groups in total. The zero-order valence-electron chi connectivity index (χ0n) is 14.3. The van der Waals surface area contributed by atoms with Crippen molar-refractivity contribution in [1.82, 2.24) is 10.3 Å². The lowest BCUT2D eigenvalue weighted by atomic mass is 9.96. The molecule has 1 aromatic rings. The number of nitrogens with one attached hydrogen (secondary N) is 1. The van der Waals surface area contributed by atoms with Crippen molar-refractivity contribution in [2.75, 3.05) is 24.5 Å². The molecule has 1 fully saturated rings. The van der Waals surface area contributed by atoms with Gasteiger partial charge in [-0.2, -0.15) is 0 Å². The number of piperidine rings is 1. The lowest BCUT2D eigenvalue weighted by molar-refractivity contribution is -0.154. The second-order valence-electron chi connectivity index (χ2n) is 6.90. The first-order valence-corrected chi connectivity index (χ1v) is 8.48. The standard InChI is InChI=1S/C17H24ClN3O3/c1-17(2,3)24-15(22)11-20-16(23)12-6-8-21(9-7-12)14-5-4-13(18)10-19-14/h4-5,10,12H,6-9,11H2,1-3H3,(H,20,23). The number of hydrogen-bond acceptors (Lipinski definition) is 5. The van der Waals surface area contributed by atoms with Gasteiger partial charge < -0.3 is 15.0 Å². The number of halogens is 1. The number of esters is 1. The number of rotatable bonds is 4. The van der Waals surface area contributed by atoms with Gasteiger partial charge >= 0.3 is 5.97 Å². The van der Waals surface area contributed by atoms with E-state index in [0.29, 0.717) is 5.02 Å². The van der Waals surface area contributed by atoms with E-state index < -0.39 is 11.6 Å². The van der Waals surface area contributed by atoms with Crippen LogP contribution in [0.4, 0.5) is 5.82 Å². The Morgan fingerprint density at radius 2 is 2.00 bits per heavy atom. The lowest BCUT2D eigenvalue weighted by Gasteiger charge is -2.32. The number of anilines is 1. The summed E-state index contributed by atoms with van der Waals surface area (Å²) in [7, 11) is 0. The molecule has 2 heterocycles. The van der Waals surface area contributed by atoms with Crippen molar-refractivity contribution in [1.29, 1.82) is 0 Å². The van der Waals surface area contributed by atoms with Gasteiger partial charge in [0.25, 0.3) is 0 Å². The van der Waals surface area contributed by atoms with E-state index in [9.17, 15) is 9.59 Å². The maximum absolute atomic E-state index is 12.2. The number of ether oxygens (including phenoxy) is 1. The summed E-state index contributed by atoms with van der Waals surface area (Å²) < 4.78 is 5.18. The van der Waals surface area contributed by atoms with E-state index in [1.165, 1.54) is 0 Å². The Morgan fingerprint density at radius 3 is 2.54 bits per heavy atom. The molecule has 1 aromatic heterocycles. The lowest BCUT2D eigenvalue weighted by Crippen LogP contribution is -2.43. The molecular formula is C17H24ClN3O3. The van der Waals surface area contributed by atoms with E-state index in [4.69, 9.17) is 16.3 Å². The molecule has 0 spiro atoms. The zero-order valence-corrected chi connectivity index (χ0v) is 15.1. The van der Waals surface area contributed by atoms with Crippen molar-refractivity contribution in [3.8, 4) is 0 Å². The summed E-state index contributed by atoms with van der Waals surface area (Å²) in [5, 5.41) is 3.28. The molecule has 0 radical (unpaired) electrons. The van der Waals surface area contributed by atoms with Crippen LogP contribution in [-0.4, -0.2) is 42.1 Å². The third-order valence-electron chi connectivity index (χ3n) is 3.73. The molecule has 0 bridgehead atoms. The molecule has 1 amide bonds.